The first kappa shape index (κ1) is 18.9. The third-order valence-electron chi connectivity index (χ3n) is 3.90. The average Bonchev–Trinajstić information content (AvgIpc) is 3.03. The van der Waals surface area contributed by atoms with Crippen LogP contribution in [-0.2, 0) is 11.3 Å². The fourth-order valence-electron chi connectivity index (χ4n) is 2.86. The quantitative estimate of drug-likeness (QED) is 0.486. The molecule has 0 bridgehead atoms. The van der Waals surface area contributed by atoms with Crippen molar-refractivity contribution in [1.29, 1.82) is 0 Å². The highest BCUT2D eigenvalue weighted by Gasteiger charge is 2.15. The predicted molar refractivity (Wildman–Crippen MR) is 111 cm³/mol. The van der Waals surface area contributed by atoms with Gasteiger partial charge in [0, 0.05) is 17.8 Å². The molecule has 3 rings (SSSR count). The number of aryl methyl sites for hydroxylation is 2. The van der Waals surface area contributed by atoms with Gasteiger partial charge in [-0.3, -0.25) is 9.36 Å². The van der Waals surface area contributed by atoms with Gasteiger partial charge in [-0.15, -0.1) is 16.8 Å². The highest BCUT2D eigenvalue weighted by Crippen LogP contribution is 2.24. The molecule has 2 aromatic carbocycles. The minimum Gasteiger partial charge on any atom is -0.325 e. The summed E-state index contributed by atoms with van der Waals surface area (Å²) in [4.78, 5) is 12.3. The van der Waals surface area contributed by atoms with Gasteiger partial charge < -0.3 is 5.32 Å². The van der Waals surface area contributed by atoms with Crippen molar-refractivity contribution in [2.75, 3.05) is 11.1 Å². The Morgan fingerprint density at radius 3 is 2.52 bits per heavy atom. The molecule has 0 aliphatic rings. The average molecular weight is 379 g/mol. The molecule has 0 unspecified atom stereocenters. The Bertz CT molecular complexity index is 930. The van der Waals surface area contributed by atoms with Crippen LogP contribution < -0.4 is 5.32 Å². The predicted octanol–water partition coefficient (Wildman–Crippen LogP) is 4.48. The molecule has 0 atom stereocenters. The van der Waals surface area contributed by atoms with Gasteiger partial charge in [-0.1, -0.05) is 54.2 Å². The van der Waals surface area contributed by atoms with Crippen LogP contribution in [0.2, 0.25) is 0 Å². The maximum Gasteiger partial charge on any atom is 0.234 e. The molecule has 0 aliphatic heterocycles. The maximum absolute atomic E-state index is 12.3. The molecule has 0 saturated heterocycles. The van der Waals surface area contributed by atoms with Gasteiger partial charge in [-0.25, -0.2) is 0 Å². The Labute approximate surface area is 163 Å². The molecule has 0 radical (unpaired) electrons. The van der Waals surface area contributed by atoms with Crippen LogP contribution in [-0.4, -0.2) is 26.4 Å². The van der Waals surface area contributed by atoms with Crippen molar-refractivity contribution in [3.63, 3.8) is 0 Å². The third-order valence-corrected chi connectivity index (χ3v) is 4.87. The maximum atomic E-state index is 12.3. The van der Waals surface area contributed by atoms with Gasteiger partial charge in [0.05, 0.1) is 5.75 Å². The number of amides is 1. The summed E-state index contributed by atoms with van der Waals surface area (Å²) in [5.74, 6) is 0.962. The van der Waals surface area contributed by atoms with Gasteiger partial charge in [0.1, 0.15) is 0 Å². The van der Waals surface area contributed by atoms with Gasteiger partial charge in [-0.2, -0.15) is 0 Å². The normalized spacial score (nSPS) is 10.6. The number of rotatable bonds is 7. The number of hydrogen-bond donors (Lipinski definition) is 1. The Morgan fingerprint density at radius 2 is 1.85 bits per heavy atom. The lowest BCUT2D eigenvalue weighted by molar-refractivity contribution is -0.113. The van der Waals surface area contributed by atoms with E-state index >= 15 is 0 Å². The van der Waals surface area contributed by atoms with Crippen LogP contribution >= 0.6 is 11.8 Å². The van der Waals surface area contributed by atoms with E-state index in [0.29, 0.717) is 11.7 Å². The standard InChI is InChI=1S/C21H22N4OS/c1-4-10-25-20(17-8-6-5-7-9-17)23-24-21(25)27-14-19(26)22-18-12-15(2)11-16(3)13-18/h4-9,11-13H,1,10,14H2,2-3H3,(H,22,26). The first-order chi connectivity index (χ1) is 13.1. The first-order valence-electron chi connectivity index (χ1n) is 8.67. The van der Waals surface area contributed by atoms with Gasteiger partial charge >= 0.3 is 0 Å². The number of allylic oxidation sites excluding steroid dienone is 1. The lowest BCUT2D eigenvalue weighted by atomic mass is 10.1. The van der Waals surface area contributed by atoms with Crippen LogP contribution in [0.5, 0.6) is 0 Å². The molecule has 0 fully saturated rings. The van der Waals surface area contributed by atoms with E-state index in [1.165, 1.54) is 11.8 Å². The summed E-state index contributed by atoms with van der Waals surface area (Å²) in [6.45, 7) is 8.42. The van der Waals surface area contributed by atoms with Crippen molar-refractivity contribution in [3.05, 3.63) is 72.3 Å². The summed E-state index contributed by atoms with van der Waals surface area (Å²) in [5, 5.41) is 12.2. The highest BCUT2D eigenvalue weighted by molar-refractivity contribution is 7.99. The van der Waals surface area contributed by atoms with Crippen LogP contribution in [0.4, 0.5) is 5.69 Å². The van der Waals surface area contributed by atoms with E-state index in [9.17, 15) is 4.79 Å². The smallest absolute Gasteiger partial charge is 0.234 e. The Hall–Kier alpha value is -2.86. The number of anilines is 1. The number of thioether (sulfide) groups is 1. The Balaban J connectivity index is 1.71. The molecular weight excluding hydrogens is 356 g/mol. The van der Waals surface area contributed by atoms with E-state index in [1.807, 2.05) is 60.9 Å². The molecule has 3 aromatic rings. The third kappa shape index (κ3) is 4.86. The Kier molecular flexibility index (Phi) is 6.08. The zero-order valence-electron chi connectivity index (χ0n) is 15.5. The fraction of sp³-hybridized carbons (Fsp3) is 0.190. The number of nitrogens with zero attached hydrogens (tertiary/aromatic N) is 3. The largest absolute Gasteiger partial charge is 0.325 e. The van der Waals surface area contributed by atoms with Crippen molar-refractivity contribution < 1.29 is 4.79 Å². The van der Waals surface area contributed by atoms with Gasteiger partial charge in [-0.05, 0) is 37.1 Å². The topological polar surface area (TPSA) is 59.8 Å². The Morgan fingerprint density at radius 1 is 1.15 bits per heavy atom. The van der Waals surface area contributed by atoms with E-state index in [0.717, 1.165) is 28.2 Å². The molecule has 0 aliphatic carbocycles. The molecule has 27 heavy (non-hydrogen) atoms. The van der Waals surface area contributed by atoms with E-state index in [2.05, 4.69) is 28.2 Å². The SMILES string of the molecule is C=CCn1c(SCC(=O)Nc2cc(C)cc(C)c2)nnc1-c1ccccc1. The summed E-state index contributed by atoms with van der Waals surface area (Å²) in [6, 6.07) is 15.9. The minimum atomic E-state index is -0.0700. The molecule has 6 heteroatoms. The second kappa shape index (κ2) is 8.68. The van der Waals surface area contributed by atoms with Crippen molar-refractivity contribution >= 4 is 23.4 Å². The zero-order valence-corrected chi connectivity index (χ0v) is 16.3. The monoisotopic (exact) mass is 378 g/mol. The molecule has 1 heterocycles. The fourth-order valence-corrected chi connectivity index (χ4v) is 3.61. The van der Waals surface area contributed by atoms with Gasteiger partial charge in [0.25, 0.3) is 0 Å². The summed E-state index contributed by atoms with van der Waals surface area (Å²) < 4.78 is 1.97. The summed E-state index contributed by atoms with van der Waals surface area (Å²) in [6.07, 6.45) is 1.80. The minimum absolute atomic E-state index is 0.0700. The lowest BCUT2D eigenvalue weighted by Gasteiger charge is -2.09. The zero-order chi connectivity index (χ0) is 19.2. The summed E-state index contributed by atoms with van der Waals surface area (Å²) >= 11 is 1.37. The van der Waals surface area contributed by atoms with Crippen LogP contribution in [0, 0.1) is 13.8 Å². The van der Waals surface area contributed by atoms with E-state index in [-0.39, 0.29) is 11.7 Å². The number of nitrogens with one attached hydrogen (secondary N) is 1. The van der Waals surface area contributed by atoms with E-state index < -0.39 is 0 Å². The molecule has 1 N–H and O–H groups in total. The van der Waals surface area contributed by atoms with Crippen LogP contribution in [0.3, 0.4) is 0 Å². The summed E-state index contributed by atoms with van der Waals surface area (Å²) in [7, 11) is 0. The lowest BCUT2D eigenvalue weighted by Crippen LogP contribution is -2.15. The van der Waals surface area contributed by atoms with E-state index in [1.54, 1.807) is 6.08 Å². The molecule has 138 valence electrons. The molecular formula is C21H22N4OS. The first-order valence-corrected chi connectivity index (χ1v) is 9.66. The number of hydrogen-bond acceptors (Lipinski definition) is 4. The molecule has 1 aromatic heterocycles. The van der Waals surface area contributed by atoms with Crippen molar-refractivity contribution in [2.45, 2.75) is 25.5 Å². The second-order valence-corrected chi connectivity index (χ2v) is 7.23. The molecule has 0 saturated carbocycles. The molecule has 1 amide bonds. The molecule has 5 nitrogen and oxygen atoms in total. The molecule has 0 spiro atoms. The van der Waals surface area contributed by atoms with Gasteiger partial charge in [0.15, 0.2) is 11.0 Å². The number of carbonyl (C=O) groups is 1. The van der Waals surface area contributed by atoms with Crippen molar-refractivity contribution in [3.8, 4) is 11.4 Å². The van der Waals surface area contributed by atoms with Crippen LogP contribution in [0.25, 0.3) is 11.4 Å². The number of aromatic nitrogens is 3. The summed E-state index contributed by atoms with van der Waals surface area (Å²) in [5.41, 5.74) is 4.04. The van der Waals surface area contributed by atoms with Crippen molar-refractivity contribution in [1.82, 2.24) is 14.8 Å². The highest BCUT2D eigenvalue weighted by atomic mass is 32.2. The van der Waals surface area contributed by atoms with Crippen LogP contribution in [0.1, 0.15) is 11.1 Å². The second-order valence-electron chi connectivity index (χ2n) is 6.28. The van der Waals surface area contributed by atoms with Gasteiger partial charge in [0.2, 0.25) is 5.91 Å². The van der Waals surface area contributed by atoms with Crippen LogP contribution in [0.15, 0.2) is 66.3 Å². The van der Waals surface area contributed by atoms with Crippen molar-refractivity contribution in [2.24, 2.45) is 0 Å². The number of benzene rings is 2. The van der Waals surface area contributed by atoms with E-state index in [4.69, 9.17) is 0 Å². The number of carbonyl (C=O) groups excluding carboxylic acids is 1.